The van der Waals surface area contributed by atoms with Crippen LogP contribution in [0.4, 0.5) is 5.69 Å². The summed E-state index contributed by atoms with van der Waals surface area (Å²) in [7, 11) is -3.38. The zero-order valence-corrected chi connectivity index (χ0v) is 15.9. The van der Waals surface area contributed by atoms with E-state index in [1.165, 1.54) is 31.2 Å². The molecule has 0 saturated heterocycles. The number of esters is 1. The lowest BCUT2D eigenvalue weighted by Crippen LogP contribution is -2.24. The molecule has 1 atom stereocenters. The number of anilines is 1. The Morgan fingerprint density at radius 1 is 0.962 bits per heavy atom. The molecule has 2 rings (SSSR count). The summed E-state index contributed by atoms with van der Waals surface area (Å²) >= 11 is 0. The molecule has 26 heavy (non-hydrogen) atoms. The third-order valence-electron chi connectivity index (χ3n) is 3.87. The molecule has 7 heteroatoms. The van der Waals surface area contributed by atoms with Gasteiger partial charge in [0.05, 0.1) is 11.8 Å². The van der Waals surface area contributed by atoms with Crippen molar-refractivity contribution in [3.8, 4) is 0 Å². The van der Waals surface area contributed by atoms with E-state index in [2.05, 4.69) is 4.72 Å². The SMILES string of the molecule is Cc1ccc(C(=O)OC(C)C(=O)c2ccc(NS(C)(=O)=O)cc2)cc1C. The number of aryl methyl sites for hydroxylation is 2. The second-order valence-corrected chi connectivity index (χ2v) is 7.91. The molecule has 0 bridgehead atoms. The fourth-order valence-corrected chi connectivity index (χ4v) is 2.87. The first-order valence-electron chi connectivity index (χ1n) is 7.97. The molecule has 0 aliphatic carbocycles. The van der Waals surface area contributed by atoms with Crippen LogP contribution in [0, 0.1) is 13.8 Å². The largest absolute Gasteiger partial charge is 0.451 e. The highest BCUT2D eigenvalue weighted by Gasteiger charge is 2.20. The number of benzene rings is 2. The van der Waals surface area contributed by atoms with Gasteiger partial charge in [0.15, 0.2) is 6.10 Å². The quantitative estimate of drug-likeness (QED) is 0.619. The highest BCUT2D eigenvalue weighted by Crippen LogP contribution is 2.15. The average molecular weight is 375 g/mol. The van der Waals surface area contributed by atoms with E-state index in [4.69, 9.17) is 4.74 Å². The van der Waals surface area contributed by atoms with Crippen LogP contribution < -0.4 is 4.72 Å². The average Bonchev–Trinajstić information content (AvgIpc) is 2.55. The lowest BCUT2D eigenvalue weighted by molar-refractivity contribution is 0.0318. The molecule has 0 heterocycles. The predicted molar refractivity (Wildman–Crippen MR) is 100 cm³/mol. The second-order valence-electron chi connectivity index (χ2n) is 6.16. The van der Waals surface area contributed by atoms with E-state index >= 15 is 0 Å². The molecular weight excluding hydrogens is 354 g/mol. The number of ketones is 1. The van der Waals surface area contributed by atoms with Crippen molar-refractivity contribution in [3.05, 3.63) is 64.7 Å². The van der Waals surface area contributed by atoms with Gasteiger partial charge in [0, 0.05) is 11.3 Å². The van der Waals surface area contributed by atoms with Crippen LogP contribution in [0.1, 0.15) is 38.8 Å². The number of Topliss-reactive ketones (excluding diaryl/α,β-unsaturated/α-hetero) is 1. The second kappa shape index (κ2) is 7.70. The van der Waals surface area contributed by atoms with Crippen LogP contribution in [0.5, 0.6) is 0 Å². The van der Waals surface area contributed by atoms with Gasteiger partial charge in [-0.05, 0) is 68.3 Å². The molecule has 6 nitrogen and oxygen atoms in total. The van der Waals surface area contributed by atoms with Crippen molar-refractivity contribution in [1.29, 1.82) is 0 Å². The lowest BCUT2D eigenvalue weighted by atomic mass is 10.1. The number of hydrogen-bond acceptors (Lipinski definition) is 5. The standard InChI is InChI=1S/C19H21NO5S/c1-12-5-6-16(11-13(12)2)19(22)25-14(3)18(21)15-7-9-17(10-8-15)20-26(4,23)24/h5-11,14,20H,1-4H3. The van der Waals surface area contributed by atoms with Crippen LogP contribution in [-0.2, 0) is 14.8 Å². The van der Waals surface area contributed by atoms with Gasteiger partial charge in [0.1, 0.15) is 0 Å². The van der Waals surface area contributed by atoms with Crippen LogP contribution in [0.3, 0.4) is 0 Å². The fraction of sp³-hybridized carbons (Fsp3) is 0.263. The van der Waals surface area contributed by atoms with E-state index in [0.29, 0.717) is 16.8 Å². The number of rotatable bonds is 6. The van der Waals surface area contributed by atoms with Crippen molar-refractivity contribution in [3.63, 3.8) is 0 Å². The van der Waals surface area contributed by atoms with Crippen molar-refractivity contribution in [1.82, 2.24) is 0 Å². The van der Waals surface area contributed by atoms with Gasteiger partial charge in [-0.25, -0.2) is 13.2 Å². The molecule has 2 aromatic rings. The molecule has 0 radical (unpaired) electrons. The number of carbonyl (C=O) groups excluding carboxylic acids is 2. The highest BCUT2D eigenvalue weighted by atomic mass is 32.2. The Morgan fingerprint density at radius 2 is 1.54 bits per heavy atom. The number of sulfonamides is 1. The van der Waals surface area contributed by atoms with Crippen LogP contribution >= 0.6 is 0 Å². The molecule has 0 fully saturated rings. The molecule has 138 valence electrons. The van der Waals surface area contributed by atoms with E-state index in [1.807, 2.05) is 19.9 Å². The molecular formula is C19H21NO5S. The van der Waals surface area contributed by atoms with Gasteiger partial charge < -0.3 is 4.74 Å². The Morgan fingerprint density at radius 3 is 2.08 bits per heavy atom. The fourth-order valence-electron chi connectivity index (χ4n) is 2.30. The molecule has 1 N–H and O–H groups in total. The highest BCUT2D eigenvalue weighted by molar-refractivity contribution is 7.92. The first-order valence-corrected chi connectivity index (χ1v) is 9.86. The summed E-state index contributed by atoms with van der Waals surface area (Å²) in [4.78, 5) is 24.6. The maximum Gasteiger partial charge on any atom is 0.338 e. The summed E-state index contributed by atoms with van der Waals surface area (Å²) in [5, 5.41) is 0. The normalized spacial score (nSPS) is 12.3. The summed E-state index contributed by atoms with van der Waals surface area (Å²) < 4.78 is 30.0. The van der Waals surface area contributed by atoms with Crippen molar-refractivity contribution in [2.45, 2.75) is 26.9 Å². The molecule has 1 unspecified atom stereocenters. The summed E-state index contributed by atoms with van der Waals surface area (Å²) in [5.74, 6) is -0.933. The van der Waals surface area contributed by atoms with Gasteiger partial charge >= 0.3 is 5.97 Å². The predicted octanol–water partition coefficient (Wildman–Crippen LogP) is 3.10. The van der Waals surface area contributed by atoms with Crippen molar-refractivity contribution >= 4 is 27.5 Å². The number of nitrogens with one attached hydrogen (secondary N) is 1. The maximum atomic E-state index is 12.4. The van der Waals surface area contributed by atoms with E-state index in [0.717, 1.165) is 17.4 Å². The maximum absolute atomic E-state index is 12.4. The summed E-state index contributed by atoms with van der Waals surface area (Å²) in [6.07, 6.45) is 0.0817. The molecule has 0 amide bonds. The van der Waals surface area contributed by atoms with Crippen LogP contribution in [0.15, 0.2) is 42.5 Å². The van der Waals surface area contributed by atoms with E-state index < -0.39 is 22.1 Å². The molecule has 2 aromatic carbocycles. The third kappa shape index (κ3) is 5.16. The lowest BCUT2D eigenvalue weighted by Gasteiger charge is -2.13. The molecule has 0 spiro atoms. The Labute approximate surface area is 153 Å². The topological polar surface area (TPSA) is 89.5 Å². The van der Waals surface area contributed by atoms with E-state index in [1.54, 1.807) is 12.1 Å². The van der Waals surface area contributed by atoms with Gasteiger partial charge in [-0.15, -0.1) is 0 Å². The Bertz CT molecular complexity index is 933. The Hall–Kier alpha value is -2.67. The first-order chi connectivity index (χ1) is 12.1. The molecule has 0 saturated carbocycles. The van der Waals surface area contributed by atoms with Gasteiger partial charge in [-0.3, -0.25) is 9.52 Å². The van der Waals surface area contributed by atoms with Crippen molar-refractivity contribution in [2.75, 3.05) is 11.0 Å². The minimum absolute atomic E-state index is 0.324. The zero-order chi connectivity index (χ0) is 19.5. The van der Waals surface area contributed by atoms with Crippen LogP contribution in [-0.4, -0.2) is 32.5 Å². The number of hydrogen-bond donors (Lipinski definition) is 1. The Balaban J connectivity index is 2.06. The van der Waals surface area contributed by atoms with Gasteiger partial charge in [0.2, 0.25) is 15.8 Å². The monoisotopic (exact) mass is 375 g/mol. The molecule has 0 aliphatic rings. The van der Waals surface area contributed by atoms with E-state index in [-0.39, 0.29) is 5.78 Å². The summed E-state index contributed by atoms with van der Waals surface area (Å²) in [6, 6.07) is 11.1. The smallest absolute Gasteiger partial charge is 0.338 e. The van der Waals surface area contributed by atoms with Crippen molar-refractivity contribution in [2.24, 2.45) is 0 Å². The van der Waals surface area contributed by atoms with Crippen LogP contribution in [0.25, 0.3) is 0 Å². The van der Waals surface area contributed by atoms with Gasteiger partial charge in [0.25, 0.3) is 0 Å². The van der Waals surface area contributed by atoms with Gasteiger partial charge in [-0.2, -0.15) is 0 Å². The third-order valence-corrected chi connectivity index (χ3v) is 4.47. The minimum Gasteiger partial charge on any atom is -0.451 e. The number of carbonyl (C=O) groups is 2. The first kappa shape index (κ1) is 19.7. The van der Waals surface area contributed by atoms with Gasteiger partial charge in [-0.1, -0.05) is 6.07 Å². The minimum atomic E-state index is -3.38. The van der Waals surface area contributed by atoms with E-state index in [9.17, 15) is 18.0 Å². The zero-order valence-electron chi connectivity index (χ0n) is 15.1. The molecule has 0 aromatic heterocycles. The molecule has 0 aliphatic heterocycles. The van der Waals surface area contributed by atoms with Crippen LogP contribution in [0.2, 0.25) is 0 Å². The van der Waals surface area contributed by atoms with Crippen molar-refractivity contribution < 1.29 is 22.7 Å². The Kier molecular flexibility index (Phi) is 5.82. The summed E-state index contributed by atoms with van der Waals surface area (Å²) in [5.41, 5.74) is 3.09. The summed E-state index contributed by atoms with van der Waals surface area (Å²) in [6.45, 7) is 5.34. The number of ether oxygens (including phenoxy) is 1.